The molecule has 0 saturated carbocycles. The molecule has 0 radical (unpaired) electrons. The van der Waals surface area contributed by atoms with Crippen molar-refractivity contribution in [2.24, 2.45) is 0 Å². The van der Waals surface area contributed by atoms with Gasteiger partial charge in [-0.3, -0.25) is 4.79 Å². The first-order valence-corrected chi connectivity index (χ1v) is 11.4. The Bertz CT molecular complexity index is 1220. The SMILES string of the molecule is CC(C)(CNc1ccc(Oc2ccccc2)cc1)Oc1ccc(C(=O)c2ccc(Cl)cc2)cc1. The fourth-order valence-electron chi connectivity index (χ4n) is 3.38. The molecule has 0 aliphatic heterocycles. The van der Waals surface area contributed by atoms with Gasteiger partial charge in [-0.15, -0.1) is 0 Å². The lowest BCUT2D eigenvalue weighted by atomic mass is 10.0. The van der Waals surface area contributed by atoms with Crippen LogP contribution in [0.5, 0.6) is 17.2 Å². The summed E-state index contributed by atoms with van der Waals surface area (Å²) >= 11 is 5.91. The second kappa shape index (κ2) is 10.4. The third-order valence-corrected chi connectivity index (χ3v) is 5.42. The Morgan fingerprint density at radius 3 is 1.88 bits per heavy atom. The Morgan fingerprint density at radius 1 is 0.735 bits per heavy atom. The summed E-state index contributed by atoms with van der Waals surface area (Å²) in [6.07, 6.45) is 0. The molecule has 0 aromatic heterocycles. The molecule has 0 heterocycles. The van der Waals surface area contributed by atoms with Crippen molar-refractivity contribution in [2.45, 2.75) is 19.4 Å². The molecule has 0 aliphatic carbocycles. The lowest BCUT2D eigenvalue weighted by Crippen LogP contribution is -2.36. The van der Waals surface area contributed by atoms with Crippen molar-refractivity contribution in [1.29, 1.82) is 0 Å². The zero-order chi connectivity index (χ0) is 24.0. The topological polar surface area (TPSA) is 47.6 Å². The van der Waals surface area contributed by atoms with Crippen molar-refractivity contribution in [3.05, 3.63) is 119 Å². The van der Waals surface area contributed by atoms with Crippen LogP contribution in [0.2, 0.25) is 5.02 Å². The van der Waals surface area contributed by atoms with Gasteiger partial charge in [0.25, 0.3) is 0 Å². The van der Waals surface area contributed by atoms with Gasteiger partial charge in [-0.25, -0.2) is 0 Å². The van der Waals surface area contributed by atoms with Crippen molar-refractivity contribution < 1.29 is 14.3 Å². The molecule has 4 aromatic rings. The number of hydrogen-bond donors (Lipinski definition) is 1. The number of ketones is 1. The fourth-order valence-corrected chi connectivity index (χ4v) is 3.50. The predicted molar refractivity (Wildman–Crippen MR) is 137 cm³/mol. The predicted octanol–water partition coefficient (Wildman–Crippen LogP) is 7.63. The normalized spacial score (nSPS) is 11.0. The van der Waals surface area contributed by atoms with Gasteiger partial charge in [0.2, 0.25) is 0 Å². The number of carbonyl (C=O) groups excluding carboxylic acids is 1. The molecule has 4 rings (SSSR count). The monoisotopic (exact) mass is 471 g/mol. The highest BCUT2D eigenvalue weighted by molar-refractivity contribution is 6.30. The van der Waals surface area contributed by atoms with Gasteiger partial charge in [0.15, 0.2) is 5.78 Å². The summed E-state index contributed by atoms with van der Waals surface area (Å²) in [4.78, 5) is 12.6. The number of para-hydroxylation sites is 1. The number of carbonyl (C=O) groups is 1. The van der Waals surface area contributed by atoms with Crippen molar-refractivity contribution >= 4 is 23.1 Å². The lowest BCUT2D eigenvalue weighted by Gasteiger charge is -2.27. The number of benzene rings is 4. The molecule has 0 bridgehead atoms. The molecule has 1 N–H and O–H groups in total. The van der Waals surface area contributed by atoms with E-state index in [9.17, 15) is 4.79 Å². The zero-order valence-corrected chi connectivity index (χ0v) is 19.9. The molecule has 0 fully saturated rings. The van der Waals surface area contributed by atoms with Gasteiger partial charge in [0.1, 0.15) is 22.8 Å². The highest BCUT2D eigenvalue weighted by Crippen LogP contribution is 2.24. The van der Waals surface area contributed by atoms with Gasteiger partial charge in [-0.2, -0.15) is 0 Å². The minimum Gasteiger partial charge on any atom is -0.486 e. The lowest BCUT2D eigenvalue weighted by molar-refractivity contribution is 0.103. The first kappa shape index (κ1) is 23.4. The standard InChI is InChI=1S/C29H26ClNO3/c1-29(2,20-31-24-14-18-26(19-15-24)33-25-6-4-3-5-7-25)34-27-16-10-22(11-17-27)28(32)21-8-12-23(30)13-9-21/h3-19,31H,20H2,1-2H3. The summed E-state index contributed by atoms with van der Waals surface area (Å²) in [5, 5.41) is 4.01. The largest absolute Gasteiger partial charge is 0.486 e. The van der Waals surface area contributed by atoms with E-state index in [0.29, 0.717) is 28.4 Å². The highest BCUT2D eigenvalue weighted by atomic mass is 35.5. The first-order chi connectivity index (χ1) is 16.4. The highest BCUT2D eigenvalue weighted by Gasteiger charge is 2.20. The van der Waals surface area contributed by atoms with Crippen molar-refractivity contribution in [1.82, 2.24) is 0 Å². The van der Waals surface area contributed by atoms with Crippen LogP contribution in [0.3, 0.4) is 0 Å². The van der Waals surface area contributed by atoms with Crippen LogP contribution in [0.1, 0.15) is 29.8 Å². The number of rotatable bonds is 9. The Hall–Kier alpha value is -3.76. The third kappa shape index (κ3) is 6.40. The quantitative estimate of drug-likeness (QED) is 0.255. The second-order valence-electron chi connectivity index (χ2n) is 8.52. The number of anilines is 1. The Labute approximate surface area is 205 Å². The number of halogens is 1. The Morgan fingerprint density at radius 2 is 1.26 bits per heavy atom. The Balaban J connectivity index is 1.31. The third-order valence-electron chi connectivity index (χ3n) is 5.17. The molecule has 172 valence electrons. The summed E-state index contributed by atoms with van der Waals surface area (Å²) in [6.45, 7) is 4.62. The van der Waals surface area contributed by atoms with Crippen LogP contribution >= 0.6 is 11.6 Å². The molecule has 0 saturated heterocycles. The molecule has 0 aliphatic rings. The number of ether oxygens (including phenoxy) is 2. The summed E-state index contributed by atoms with van der Waals surface area (Å²) < 4.78 is 12.0. The van der Waals surface area contributed by atoms with Crippen LogP contribution in [0.15, 0.2) is 103 Å². The van der Waals surface area contributed by atoms with Crippen LogP contribution in [-0.2, 0) is 0 Å². The molecule has 0 atom stereocenters. The molecule has 4 aromatic carbocycles. The second-order valence-corrected chi connectivity index (χ2v) is 8.95. The molecule has 34 heavy (non-hydrogen) atoms. The molecule has 0 spiro atoms. The van der Waals surface area contributed by atoms with E-state index in [1.807, 2.05) is 80.6 Å². The van der Waals surface area contributed by atoms with E-state index in [2.05, 4.69) is 5.32 Å². The van der Waals surface area contributed by atoms with Crippen molar-refractivity contribution in [3.8, 4) is 17.2 Å². The van der Waals surface area contributed by atoms with Gasteiger partial charge in [-0.1, -0.05) is 29.8 Å². The van der Waals surface area contributed by atoms with Gasteiger partial charge in [0.05, 0.1) is 6.54 Å². The first-order valence-electron chi connectivity index (χ1n) is 11.0. The Kier molecular flexibility index (Phi) is 7.19. The average molecular weight is 472 g/mol. The molecule has 4 nitrogen and oxygen atoms in total. The summed E-state index contributed by atoms with van der Waals surface area (Å²) in [5.74, 6) is 2.23. The maximum atomic E-state index is 12.6. The zero-order valence-electron chi connectivity index (χ0n) is 19.1. The van der Waals surface area contributed by atoms with E-state index in [1.165, 1.54) is 0 Å². The van der Waals surface area contributed by atoms with E-state index < -0.39 is 5.60 Å². The maximum absolute atomic E-state index is 12.6. The van der Waals surface area contributed by atoms with E-state index in [0.717, 1.165) is 17.2 Å². The molecule has 0 unspecified atom stereocenters. The summed E-state index contributed by atoms with van der Waals surface area (Å²) in [7, 11) is 0. The minimum absolute atomic E-state index is 0.0520. The number of nitrogens with one attached hydrogen (secondary N) is 1. The molecule has 5 heteroatoms. The summed E-state index contributed by atoms with van der Waals surface area (Å²) in [5.41, 5.74) is 1.70. The van der Waals surface area contributed by atoms with Crippen molar-refractivity contribution in [3.63, 3.8) is 0 Å². The van der Waals surface area contributed by atoms with E-state index >= 15 is 0 Å². The van der Waals surface area contributed by atoms with Crippen molar-refractivity contribution in [2.75, 3.05) is 11.9 Å². The van der Waals surface area contributed by atoms with Crippen LogP contribution in [-0.4, -0.2) is 17.9 Å². The van der Waals surface area contributed by atoms with Gasteiger partial charge in [0, 0.05) is 21.8 Å². The maximum Gasteiger partial charge on any atom is 0.193 e. The van der Waals surface area contributed by atoms with Gasteiger partial charge >= 0.3 is 0 Å². The van der Waals surface area contributed by atoms with Crippen LogP contribution in [0.25, 0.3) is 0 Å². The fraction of sp³-hybridized carbons (Fsp3) is 0.138. The van der Waals surface area contributed by atoms with Gasteiger partial charge in [-0.05, 0) is 98.8 Å². The van der Waals surface area contributed by atoms with E-state index in [4.69, 9.17) is 21.1 Å². The number of hydrogen-bond acceptors (Lipinski definition) is 4. The summed E-state index contributed by atoms with van der Waals surface area (Å²) in [6, 6.07) is 31.6. The smallest absolute Gasteiger partial charge is 0.193 e. The molecular weight excluding hydrogens is 446 g/mol. The van der Waals surface area contributed by atoms with E-state index in [1.54, 1.807) is 36.4 Å². The van der Waals surface area contributed by atoms with E-state index in [-0.39, 0.29) is 5.78 Å². The van der Waals surface area contributed by atoms with Crippen LogP contribution in [0, 0.1) is 0 Å². The molecular formula is C29H26ClNO3. The minimum atomic E-state index is -0.471. The average Bonchev–Trinajstić information content (AvgIpc) is 2.85. The van der Waals surface area contributed by atoms with Crippen LogP contribution < -0.4 is 14.8 Å². The van der Waals surface area contributed by atoms with Crippen LogP contribution in [0.4, 0.5) is 5.69 Å². The van der Waals surface area contributed by atoms with Gasteiger partial charge < -0.3 is 14.8 Å². The molecule has 0 amide bonds.